The maximum absolute atomic E-state index is 2.54. The molecule has 0 aliphatic heterocycles. The van der Waals surface area contributed by atoms with Crippen molar-refractivity contribution in [2.45, 2.75) is 34.9 Å². The topological polar surface area (TPSA) is 3.24 Å². The van der Waals surface area contributed by atoms with E-state index in [1.165, 1.54) is 78.1 Å². The predicted molar refractivity (Wildman–Crippen MR) is 252 cm³/mol. The number of rotatable bonds is 7. The molecule has 0 radical (unpaired) electrons. The van der Waals surface area contributed by atoms with Crippen LogP contribution in [0, 0.1) is 0 Å². The Morgan fingerprint density at radius 3 is 1.49 bits per heavy atom. The van der Waals surface area contributed by atoms with Gasteiger partial charge >= 0.3 is 0 Å². The third kappa shape index (κ3) is 5.30. The van der Waals surface area contributed by atoms with Crippen molar-refractivity contribution in [1.82, 2.24) is 0 Å². The summed E-state index contributed by atoms with van der Waals surface area (Å²) in [5.74, 6) is 0. The number of fused-ring (bicyclic) bond motifs is 6. The minimum atomic E-state index is -0.268. The van der Waals surface area contributed by atoms with Crippen LogP contribution in [0.25, 0.3) is 44.5 Å². The van der Waals surface area contributed by atoms with Gasteiger partial charge in [-0.1, -0.05) is 151 Å². The molecule has 7 aromatic carbocycles. The van der Waals surface area contributed by atoms with Gasteiger partial charge in [-0.25, -0.2) is 0 Å². The van der Waals surface area contributed by atoms with Gasteiger partial charge in [0.15, 0.2) is 0 Å². The van der Waals surface area contributed by atoms with Crippen molar-refractivity contribution in [3.63, 3.8) is 0 Å². The normalized spacial score (nSPS) is 14.7. The summed E-state index contributed by atoms with van der Waals surface area (Å²) in [6.45, 7) is 4.75. The molecule has 7 aromatic rings. The van der Waals surface area contributed by atoms with Gasteiger partial charge in [-0.3, -0.25) is 0 Å². The van der Waals surface area contributed by atoms with Gasteiger partial charge in [0, 0.05) is 22.5 Å². The molecule has 2 aliphatic rings. The van der Waals surface area contributed by atoms with Gasteiger partial charge in [-0.05, 0) is 109 Å². The Kier molecular flexibility index (Phi) is 8.14. The van der Waals surface area contributed by atoms with E-state index in [-0.39, 0.29) is 21.1 Å². The number of hydrogen-bond donors (Lipinski definition) is 0. The zero-order valence-electron chi connectivity index (χ0n) is 33.5. The lowest BCUT2D eigenvalue weighted by molar-refractivity contribution is 0.533. The third-order valence-electron chi connectivity index (χ3n) is 12.8. The smallest absolute Gasteiger partial charge is 0.0920 e. The summed E-state index contributed by atoms with van der Waals surface area (Å²) in [7, 11) is 14.7. The molecule has 0 aromatic heterocycles. The second-order valence-corrected chi connectivity index (χ2v) is 18.2. The van der Waals surface area contributed by atoms with Crippen LogP contribution in [0.5, 0.6) is 0 Å². The number of hydrogen-bond acceptors (Lipinski definition) is 1. The Labute approximate surface area is 333 Å². The first-order valence-electron chi connectivity index (χ1n) is 19.9. The zero-order chi connectivity index (χ0) is 38.3. The Morgan fingerprint density at radius 2 is 0.855 bits per heavy atom. The van der Waals surface area contributed by atoms with Crippen LogP contribution in [0.1, 0.15) is 36.1 Å². The number of benzene rings is 7. The molecule has 9 rings (SSSR count). The average molecular weight is 701 g/mol. The molecular weight excluding hydrogens is 655 g/mol. The largest absolute Gasteiger partial charge is 0.310 e. The van der Waals surface area contributed by atoms with Crippen LogP contribution in [-0.4, -0.2) is 47.1 Å². The maximum atomic E-state index is 2.54. The molecule has 55 heavy (non-hydrogen) atoms. The second-order valence-electron chi connectivity index (χ2n) is 18.2. The van der Waals surface area contributed by atoms with Crippen LogP contribution in [-0.2, 0) is 10.8 Å². The van der Waals surface area contributed by atoms with Gasteiger partial charge in [-0.15, -0.1) is 0 Å². The molecule has 0 bridgehead atoms. The van der Waals surface area contributed by atoms with Crippen molar-refractivity contribution >= 4 is 64.1 Å². The zero-order valence-corrected chi connectivity index (χ0v) is 33.5. The first-order valence-corrected chi connectivity index (χ1v) is 19.9. The summed E-state index contributed by atoms with van der Waals surface area (Å²) >= 11 is 0. The van der Waals surface area contributed by atoms with Gasteiger partial charge < -0.3 is 4.90 Å². The minimum Gasteiger partial charge on any atom is -0.310 e. The molecule has 0 unspecified atom stereocenters. The van der Waals surface area contributed by atoms with Crippen LogP contribution >= 0.6 is 0 Å². The molecule has 0 fully saturated rings. The van der Waals surface area contributed by atoms with Crippen molar-refractivity contribution in [3.05, 3.63) is 186 Å². The fraction of sp³-hybridized carbons (Fsp3) is 0.125. The van der Waals surface area contributed by atoms with E-state index in [4.69, 9.17) is 0 Å². The molecule has 0 N–H and O–H groups in total. The number of nitrogens with zero attached hydrogens (tertiary/aromatic N) is 1. The summed E-state index contributed by atoms with van der Waals surface area (Å²) in [6.07, 6.45) is 0. The van der Waals surface area contributed by atoms with Gasteiger partial charge in [0.1, 0.15) is 0 Å². The summed E-state index contributed by atoms with van der Waals surface area (Å²) in [4.78, 5) is 2.49. The van der Waals surface area contributed by atoms with Crippen LogP contribution < -0.4 is 4.90 Å². The SMILES string of the molecule is BC(B)(B)C1(C(B)(B)B)c2cc(N(c3ccc(-c4ccccc4)cc3)c3ccc4c(c3)C(C)(C)c3ccccc3-4)ccc2-c2c(-c3ccccc3)cccc21. The van der Waals surface area contributed by atoms with Crippen LogP contribution in [0.15, 0.2) is 164 Å². The van der Waals surface area contributed by atoms with Crippen molar-refractivity contribution < 1.29 is 0 Å². The Balaban J connectivity index is 1.29. The Bertz CT molecular complexity index is 2570. The van der Waals surface area contributed by atoms with Crippen molar-refractivity contribution in [3.8, 4) is 44.5 Å². The molecule has 1 nitrogen and oxygen atoms in total. The van der Waals surface area contributed by atoms with E-state index in [0.717, 1.165) is 5.69 Å². The highest BCUT2D eigenvalue weighted by molar-refractivity contribution is 6.66. The van der Waals surface area contributed by atoms with Crippen LogP contribution in [0.3, 0.4) is 0 Å². The molecule has 7 heteroatoms. The highest BCUT2D eigenvalue weighted by Crippen LogP contribution is 2.66. The first-order chi connectivity index (χ1) is 26.3. The van der Waals surface area contributed by atoms with E-state index in [1.807, 2.05) is 0 Å². The molecule has 0 saturated heterocycles. The lowest BCUT2D eigenvalue weighted by Crippen LogP contribution is -2.52. The average Bonchev–Trinajstić information content (AvgIpc) is 3.62. The van der Waals surface area contributed by atoms with Crippen LogP contribution in [0.2, 0.25) is 10.2 Å². The fourth-order valence-electron chi connectivity index (χ4n) is 10.8. The fourth-order valence-corrected chi connectivity index (χ4v) is 10.8. The highest BCUT2D eigenvalue weighted by atomic mass is 15.1. The predicted octanol–water partition coefficient (Wildman–Crippen LogP) is 7.01. The van der Waals surface area contributed by atoms with Gasteiger partial charge in [0.2, 0.25) is 0 Å². The van der Waals surface area contributed by atoms with Crippen molar-refractivity contribution in [1.29, 1.82) is 0 Å². The third-order valence-corrected chi connectivity index (χ3v) is 12.8. The molecule has 2 aliphatic carbocycles. The van der Waals surface area contributed by atoms with Gasteiger partial charge in [-0.2, -0.15) is 0 Å². The van der Waals surface area contributed by atoms with Gasteiger partial charge in [0.25, 0.3) is 0 Å². The Morgan fingerprint density at radius 1 is 0.382 bits per heavy atom. The lowest BCUT2D eigenvalue weighted by Gasteiger charge is -2.54. The summed E-state index contributed by atoms with van der Waals surface area (Å²) in [5.41, 5.74) is 19.1. The second kappa shape index (κ2) is 12.6. The van der Waals surface area contributed by atoms with Crippen LogP contribution in [0.4, 0.5) is 17.1 Å². The van der Waals surface area contributed by atoms with E-state index in [2.05, 4.69) is 230 Å². The molecule has 0 amide bonds. The molecule has 0 spiro atoms. The molecular formula is C48H45B6N. The molecule has 260 valence electrons. The molecule has 0 heterocycles. The number of anilines is 3. The summed E-state index contributed by atoms with van der Waals surface area (Å²) in [5, 5.41) is -0.185. The first kappa shape index (κ1) is 35.4. The van der Waals surface area contributed by atoms with E-state index in [9.17, 15) is 0 Å². The molecule has 0 saturated carbocycles. The minimum absolute atomic E-state index is 0.0925. The summed E-state index contributed by atoms with van der Waals surface area (Å²) < 4.78 is 0. The van der Waals surface area contributed by atoms with E-state index in [1.54, 1.807) is 0 Å². The van der Waals surface area contributed by atoms with E-state index >= 15 is 0 Å². The highest BCUT2D eigenvalue weighted by Gasteiger charge is 2.57. The van der Waals surface area contributed by atoms with E-state index in [0.29, 0.717) is 0 Å². The Hall–Kier alpha value is -5.27. The van der Waals surface area contributed by atoms with Crippen molar-refractivity contribution in [2.75, 3.05) is 4.90 Å². The van der Waals surface area contributed by atoms with E-state index < -0.39 is 0 Å². The lowest BCUT2D eigenvalue weighted by atomic mass is 9.18. The molecule has 0 atom stereocenters. The van der Waals surface area contributed by atoms with Gasteiger partial charge in [0.05, 0.1) is 47.1 Å². The standard InChI is InChI=1S/C48H45B6N/c1-45(2)40-18-10-9-16-37(40)38-26-24-34(28-42(38)45)55(33-22-20-31(21-23-33)30-12-5-3-6-13-30)35-25-27-39-43(29-35)46(47(49,50)51,48(52,53)54)41-19-11-17-36(44(39)41)32-14-7-4-8-15-32/h3-29H,49-54H2,1-2H3. The van der Waals surface area contributed by atoms with Crippen molar-refractivity contribution in [2.24, 2.45) is 0 Å². The monoisotopic (exact) mass is 701 g/mol. The maximum Gasteiger partial charge on any atom is 0.0920 e. The quantitative estimate of drug-likeness (QED) is 0.162. The summed E-state index contributed by atoms with van der Waals surface area (Å²) in [6, 6.07) is 61.2.